The quantitative estimate of drug-likeness (QED) is 0.874. The smallest absolute Gasteiger partial charge is 0.126 e. The van der Waals surface area contributed by atoms with Crippen LogP contribution in [0, 0.1) is 6.92 Å². The maximum Gasteiger partial charge on any atom is 0.126 e. The summed E-state index contributed by atoms with van der Waals surface area (Å²) in [5.74, 6) is 0.810. The Labute approximate surface area is 104 Å². The number of anilines is 1. The first kappa shape index (κ1) is 12.4. The standard InChI is InChI=1S/C13H24N4/c1-10-12(13(14)17(3)15-10)9-16(2)11-7-5-4-6-8-11/h11H,4-9,14H2,1-3H3. The van der Waals surface area contributed by atoms with E-state index in [4.69, 9.17) is 5.73 Å². The van der Waals surface area contributed by atoms with Crippen LogP contribution in [-0.4, -0.2) is 27.8 Å². The third kappa shape index (κ3) is 2.63. The minimum Gasteiger partial charge on any atom is -0.384 e. The van der Waals surface area contributed by atoms with E-state index < -0.39 is 0 Å². The lowest BCUT2D eigenvalue weighted by Gasteiger charge is -2.31. The van der Waals surface area contributed by atoms with Gasteiger partial charge in [-0.3, -0.25) is 9.58 Å². The minimum absolute atomic E-state index is 0.725. The topological polar surface area (TPSA) is 47.1 Å². The lowest BCUT2D eigenvalue weighted by Crippen LogP contribution is -2.33. The zero-order chi connectivity index (χ0) is 12.4. The van der Waals surface area contributed by atoms with E-state index in [9.17, 15) is 0 Å². The number of rotatable bonds is 3. The second-order valence-electron chi connectivity index (χ2n) is 5.28. The van der Waals surface area contributed by atoms with Crippen molar-refractivity contribution in [2.75, 3.05) is 12.8 Å². The van der Waals surface area contributed by atoms with Crippen molar-refractivity contribution in [3.05, 3.63) is 11.3 Å². The molecule has 1 aromatic heterocycles. The maximum atomic E-state index is 6.06. The highest BCUT2D eigenvalue weighted by molar-refractivity contribution is 5.42. The molecule has 0 radical (unpaired) electrons. The molecule has 0 unspecified atom stereocenters. The summed E-state index contributed by atoms with van der Waals surface area (Å²) in [7, 11) is 4.12. The first-order chi connectivity index (χ1) is 8.09. The summed E-state index contributed by atoms with van der Waals surface area (Å²) in [5.41, 5.74) is 8.31. The highest BCUT2D eigenvalue weighted by atomic mass is 15.3. The van der Waals surface area contributed by atoms with E-state index in [1.54, 1.807) is 4.68 Å². The molecule has 1 aromatic rings. The third-order valence-electron chi connectivity index (χ3n) is 4.00. The molecule has 0 saturated heterocycles. The average Bonchev–Trinajstić information content (AvgIpc) is 2.57. The Hall–Kier alpha value is -1.03. The summed E-state index contributed by atoms with van der Waals surface area (Å²) in [6, 6.07) is 0.725. The Bertz CT molecular complexity index is 377. The molecule has 96 valence electrons. The largest absolute Gasteiger partial charge is 0.384 e. The summed E-state index contributed by atoms with van der Waals surface area (Å²) < 4.78 is 1.78. The van der Waals surface area contributed by atoms with Crippen molar-refractivity contribution in [2.45, 2.75) is 51.6 Å². The Morgan fingerprint density at radius 3 is 2.53 bits per heavy atom. The molecule has 0 amide bonds. The summed E-state index contributed by atoms with van der Waals surface area (Å²) >= 11 is 0. The number of nitrogens with zero attached hydrogens (tertiary/aromatic N) is 3. The normalized spacial score (nSPS) is 17.9. The van der Waals surface area contributed by atoms with Crippen molar-refractivity contribution in [1.82, 2.24) is 14.7 Å². The fourth-order valence-corrected chi connectivity index (χ4v) is 2.82. The van der Waals surface area contributed by atoms with Gasteiger partial charge in [-0.2, -0.15) is 5.10 Å². The van der Waals surface area contributed by atoms with Gasteiger partial charge in [0.05, 0.1) is 5.69 Å². The van der Waals surface area contributed by atoms with Gasteiger partial charge in [0.25, 0.3) is 0 Å². The van der Waals surface area contributed by atoms with Crippen LogP contribution in [-0.2, 0) is 13.6 Å². The monoisotopic (exact) mass is 236 g/mol. The van der Waals surface area contributed by atoms with Gasteiger partial charge in [-0.15, -0.1) is 0 Å². The molecule has 0 aliphatic heterocycles. The molecule has 4 heteroatoms. The number of aromatic nitrogens is 2. The van der Waals surface area contributed by atoms with Crippen LogP contribution in [0.2, 0.25) is 0 Å². The molecule has 17 heavy (non-hydrogen) atoms. The van der Waals surface area contributed by atoms with Gasteiger partial charge < -0.3 is 5.73 Å². The predicted octanol–water partition coefficient (Wildman–Crippen LogP) is 2.08. The van der Waals surface area contributed by atoms with Crippen molar-refractivity contribution in [3.8, 4) is 0 Å². The van der Waals surface area contributed by atoms with E-state index >= 15 is 0 Å². The number of nitrogen functional groups attached to an aromatic ring is 1. The van der Waals surface area contributed by atoms with Crippen LogP contribution in [0.5, 0.6) is 0 Å². The van der Waals surface area contributed by atoms with E-state index in [-0.39, 0.29) is 0 Å². The minimum atomic E-state index is 0.725. The second-order valence-corrected chi connectivity index (χ2v) is 5.28. The van der Waals surface area contributed by atoms with Gasteiger partial charge in [-0.25, -0.2) is 0 Å². The van der Waals surface area contributed by atoms with E-state index in [1.165, 1.54) is 37.7 Å². The first-order valence-electron chi connectivity index (χ1n) is 6.57. The molecular weight excluding hydrogens is 212 g/mol. The van der Waals surface area contributed by atoms with Gasteiger partial charge in [0.2, 0.25) is 0 Å². The molecule has 1 fully saturated rings. The Morgan fingerprint density at radius 1 is 1.35 bits per heavy atom. The van der Waals surface area contributed by atoms with Crippen LogP contribution in [0.15, 0.2) is 0 Å². The van der Waals surface area contributed by atoms with Crippen molar-refractivity contribution >= 4 is 5.82 Å². The van der Waals surface area contributed by atoms with Crippen LogP contribution >= 0.6 is 0 Å². The molecule has 4 nitrogen and oxygen atoms in total. The van der Waals surface area contributed by atoms with Gasteiger partial charge in [0, 0.05) is 25.2 Å². The first-order valence-corrected chi connectivity index (χ1v) is 6.57. The van der Waals surface area contributed by atoms with Crippen molar-refractivity contribution in [1.29, 1.82) is 0 Å². The van der Waals surface area contributed by atoms with Crippen molar-refractivity contribution in [2.24, 2.45) is 7.05 Å². The zero-order valence-electron chi connectivity index (χ0n) is 11.2. The summed E-state index contributed by atoms with van der Waals surface area (Å²) in [4.78, 5) is 2.44. The number of hydrogen-bond acceptors (Lipinski definition) is 3. The molecule has 0 spiro atoms. The van der Waals surface area contributed by atoms with Gasteiger partial charge >= 0.3 is 0 Å². The average molecular weight is 236 g/mol. The third-order valence-corrected chi connectivity index (χ3v) is 4.00. The van der Waals surface area contributed by atoms with Crippen LogP contribution in [0.4, 0.5) is 5.82 Å². The van der Waals surface area contributed by atoms with Gasteiger partial charge in [-0.05, 0) is 26.8 Å². The van der Waals surface area contributed by atoms with Crippen LogP contribution in [0.1, 0.15) is 43.4 Å². The van der Waals surface area contributed by atoms with E-state index in [2.05, 4.69) is 17.0 Å². The predicted molar refractivity (Wildman–Crippen MR) is 70.7 cm³/mol. The molecule has 2 N–H and O–H groups in total. The lowest BCUT2D eigenvalue weighted by atomic mass is 9.94. The second kappa shape index (κ2) is 5.08. The van der Waals surface area contributed by atoms with Crippen molar-refractivity contribution < 1.29 is 0 Å². The Morgan fingerprint density at radius 2 is 2.00 bits per heavy atom. The Balaban J connectivity index is 2.04. The van der Waals surface area contributed by atoms with E-state index in [0.717, 1.165) is 24.1 Å². The fraction of sp³-hybridized carbons (Fsp3) is 0.769. The highest BCUT2D eigenvalue weighted by Crippen LogP contribution is 2.24. The van der Waals surface area contributed by atoms with Gasteiger partial charge in [0.1, 0.15) is 5.82 Å². The van der Waals surface area contributed by atoms with Crippen molar-refractivity contribution in [3.63, 3.8) is 0 Å². The molecule has 1 aliphatic rings. The van der Waals surface area contributed by atoms with Crippen LogP contribution in [0.3, 0.4) is 0 Å². The fourth-order valence-electron chi connectivity index (χ4n) is 2.82. The molecule has 1 heterocycles. The van der Waals surface area contributed by atoms with E-state index in [1.807, 2.05) is 14.0 Å². The molecule has 0 atom stereocenters. The number of hydrogen-bond donors (Lipinski definition) is 1. The lowest BCUT2D eigenvalue weighted by molar-refractivity contribution is 0.184. The summed E-state index contributed by atoms with van der Waals surface area (Å²) in [6.07, 6.45) is 6.80. The van der Waals surface area contributed by atoms with E-state index in [0.29, 0.717) is 0 Å². The molecule has 0 aromatic carbocycles. The highest BCUT2D eigenvalue weighted by Gasteiger charge is 2.20. The van der Waals surface area contributed by atoms with Crippen LogP contribution < -0.4 is 5.73 Å². The van der Waals surface area contributed by atoms with Crippen LogP contribution in [0.25, 0.3) is 0 Å². The molecule has 1 aliphatic carbocycles. The molecule has 0 bridgehead atoms. The number of aryl methyl sites for hydroxylation is 2. The van der Waals surface area contributed by atoms with Gasteiger partial charge in [-0.1, -0.05) is 19.3 Å². The van der Waals surface area contributed by atoms with Gasteiger partial charge in [0.15, 0.2) is 0 Å². The summed E-state index contributed by atoms with van der Waals surface area (Å²) in [5, 5.41) is 4.37. The Kier molecular flexibility index (Phi) is 3.72. The zero-order valence-corrected chi connectivity index (χ0v) is 11.2. The molecule has 2 rings (SSSR count). The summed E-state index contributed by atoms with van der Waals surface area (Å²) in [6.45, 7) is 2.97. The molecular formula is C13H24N4. The molecule has 1 saturated carbocycles. The maximum absolute atomic E-state index is 6.06. The number of nitrogens with two attached hydrogens (primary N) is 1. The SMILES string of the molecule is Cc1nn(C)c(N)c1CN(C)C1CCCCC1.